The molecule has 2 aromatic heterocycles. The lowest BCUT2D eigenvalue weighted by Crippen LogP contribution is -2.14. The number of nitrogens with zero attached hydrogens (tertiary/aromatic N) is 3. The highest BCUT2D eigenvalue weighted by molar-refractivity contribution is 7.99. The normalized spacial score (nSPS) is 11.1. The lowest BCUT2D eigenvalue weighted by atomic mass is 10.1. The topological polar surface area (TPSA) is 76.4 Å². The number of anilines is 1. The predicted molar refractivity (Wildman–Crippen MR) is 104 cm³/mol. The van der Waals surface area contributed by atoms with Gasteiger partial charge in [0.1, 0.15) is 0 Å². The molecule has 0 spiro atoms. The first kappa shape index (κ1) is 16.7. The van der Waals surface area contributed by atoms with E-state index in [-0.39, 0.29) is 17.4 Å². The molecule has 0 aliphatic heterocycles. The Bertz CT molecular complexity index is 1130. The molecule has 0 aliphatic carbocycles. The third-order valence-electron chi connectivity index (χ3n) is 3.80. The van der Waals surface area contributed by atoms with Gasteiger partial charge in [-0.25, -0.2) is 0 Å². The van der Waals surface area contributed by atoms with Crippen LogP contribution in [0.4, 0.5) is 5.69 Å². The number of amides is 1. The van der Waals surface area contributed by atoms with Crippen LogP contribution in [0.5, 0.6) is 0 Å². The number of Topliss-reactive ketones (excluding diaryl/α,β-unsaturated/α-hetero) is 1. The molecular weight excluding hydrogens is 368 g/mol. The summed E-state index contributed by atoms with van der Waals surface area (Å²) in [6, 6.07) is 14.9. The van der Waals surface area contributed by atoms with Gasteiger partial charge in [0.15, 0.2) is 10.9 Å². The highest BCUT2D eigenvalue weighted by atomic mass is 32.2. The molecule has 1 amide bonds. The van der Waals surface area contributed by atoms with Crippen molar-refractivity contribution in [1.29, 1.82) is 0 Å². The van der Waals surface area contributed by atoms with Crippen LogP contribution in [-0.4, -0.2) is 32.0 Å². The lowest BCUT2D eigenvalue weighted by Gasteiger charge is -2.06. The summed E-state index contributed by atoms with van der Waals surface area (Å²) >= 11 is 2.90. The fourth-order valence-corrected chi connectivity index (χ4v) is 4.36. The Labute approximate surface area is 157 Å². The van der Waals surface area contributed by atoms with E-state index in [1.165, 1.54) is 18.7 Å². The number of aromatic nitrogens is 3. The maximum Gasteiger partial charge on any atom is 0.234 e. The molecule has 2 heterocycles. The Hall–Kier alpha value is -2.71. The molecule has 0 bridgehead atoms. The number of carbonyl (C=O) groups is 2. The van der Waals surface area contributed by atoms with E-state index in [9.17, 15) is 9.59 Å². The molecule has 26 heavy (non-hydrogen) atoms. The highest BCUT2D eigenvalue weighted by Crippen LogP contribution is 2.29. The van der Waals surface area contributed by atoms with Crippen LogP contribution in [0.2, 0.25) is 0 Å². The van der Waals surface area contributed by atoms with Crippen molar-refractivity contribution in [3.63, 3.8) is 0 Å². The number of hydrogen-bond acceptors (Lipinski definition) is 6. The van der Waals surface area contributed by atoms with Crippen molar-refractivity contribution in [2.24, 2.45) is 0 Å². The molecule has 0 saturated heterocycles. The monoisotopic (exact) mass is 382 g/mol. The van der Waals surface area contributed by atoms with Gasteiger partial charge in [0, 0.05) is 11.3 Å². The van der Waals surface area contributed by atoms with E-state index in [4.69, 9.17) is 0 Å². The second-order valence-corrected chi connectivity index (χ2v) is 7.60. The van der Waals surface area contributed by atoms with Gasteiger partial charge in [-0.2, -0.15) is 0 Å². The Morgan fingerprint density at radius 3 is 2.85 bits per heavy atom. The van der Waals surface area contributed by atoms with Crippen LogP contribution in [0.1, 0.15) is 17.3 Å². The van der Waals surface area contributed by atoms with Crippen molar-refractivity contribution in [3.05, 3.63) is 54.1 Å². The summed E-state index contributed by atoms with van der Waals surface area (Å²) in [6.07, 6.45) is 0. The van der Waals surface area contributed by atoms with E-state index in [0.717, 1.165) is 15.2 Å². The molecular formula is C18H14N4O2S2. The molecule has 8 heteroatoms. The average Bonchev–Trinajstić information content (AvgIpc) is 3.19. The first-order valence-corrected chi connectivity index (χ1v) is 9.68. The molecule has 0 radical (unpaired) electrons. The van der Waals surface area contributed by atoms with Gasteiger partial charge >= 0.3 is 0 Å². The van der Waals surface area contributed by atoms with Gasteiger partial charge in [-0.1, -0.05) is 47.4 Å². The number of fused-ring (bicyclic) bond motifs is 3. The maximum absolute atomic E-state index is 12.3. The van der Waals surface area contributed by atoms with Crippen LogP contribution in [0.25, 0.3) is 15.2 Å². The van der Waals surface area contributed by atoms with Gasteiger partial charge < -0.3 is 5.32 Å². The molecule has 0 atom stereocenters. The van der Waals surface area contributed by atoms with Crippen molar-refractivity contribution in [3.8, 4) is 0 Å². The zero-order valence-corrected chi connectivity index (χ0v) is 15.4. The average molecular weight is 382 g/mol. The summed E-state index contributed by atoms with van der Waals surface area (Å²) in [4.78, 5) is 24.5. The predicted octanol–water partition coefficient (Wildman–Crippen LogP) is 3.88. The van der Waals surface area contributed by atoms with Crippen LogP contribution in [0.3, 0.4) is 0 Å². The molecule has 0 saturated carbocycles. The standard InChI is InChI=1S/C18H14N4O2S2/c1-11(23)12-5-4-6-13(9-12)19-16(24)10-25-17-20-21-18-22(17)14-7-2-3-8-15(14)26-18/h2-9H,10H2,1H3,(H,19,24). The van der Waals surface area contributed by atoms with Crippen LogP contribution >= 0.6 is 23.1 Å². The lowest BCUT2D eigenvalue weighted by molar-refractivity contribution is -0.113. The van der Waals surface area contributed by atoms with E-state index < -0.39 is 0 Å². The summed E-state index contributed by atoms with van der Waals surface area (Å²) in [5.74, 6) is 0.00702. The quantitative estimate of drug-likeness (QED) is 0.419. The number of para-hydroxylation sites is 1. The van der Waals surface area contributed by atoms with Crippen molar-refractivity contribution in [2.45, 2.75) is 12.1 Å². The van der Waals surface area contributed by atoms with Gasteiger partial charge in [0.25, 0.3) is 0 Å². The summed E-state index contributed by atoms with van der Waals surface area (Å²) in [7, 11) is 0. The number of rotatable bonds is 5. The van der Waals surface area contributed by atoms with E-state index in [0.29, 0.717) is 16.4 Å². The largest absolute Gasteiger partial charge is 0.325 e. The fraction of sp³-hybridized carbons (Fsp3) is 0.111. The maximum atomic E-state index is 12.3. The van der Waals surface area contributed by atoms with Crippen molar-refractivity contribution < 1.29 is 9.59 Å². The van der Waals surface area contributed by atoms with Crippen LogP contribution < -0.4 is 5.32 Å². The molecule has 4 rings (SSSR count). The fourth-order valence-electron chi connectivity index (χ4n) is 2.59. The Morgan fingerprint density at radius 2 is 2.00 bits per heavy atom. The van der Waals surface area contributed by atoms with E-state index >= 15 is 0 Å². The van der Waals surface area contributed by atoms with E-state index in [1.54, 1.807) is 35.6 Å². The van der Waals surface area contributed by atoms with Crippen LogP contribution in [0, 0.1) is 0 Å². The molecule has 0 unspecified atom stereocenters. The van der Waals surface area contributed by atoms with Gasteiger partial charge in [-0.15, -0.1) is 10.2 Å². The number of thioether (sulfide) groups is 1. The third-order valence-corrected chi connectivity index (χ3v) is 5.74. The smallest absolute Gasteiger partial charge is 0.234 e. The van der Waals surface area contributed by atoms with Crippen LogP contribution in [0.15, 0.2) is 53.7 Å². The van der Waals surface area contributed by atoms with E-state index in [2.05, 4.69) is 15.5 Å². The number of carbonyl (C=O) groups excluding carboxylic acids is 2. The second-order valence-electron chi connectivity index (χ2n) is 5.64. The van der Waals surface area contributed by atoms with E-state index in [1.807, 2.05) is 28.7 Å². The van der Waals surface area contributed by atoms with Crippen LogP contribution in [-0.2, 0) is 4.79 Å². The molecule has 6 nitrogen and oxygen atoms in total. The number of hydrogen-bond donors (Lipinski definition) is 1. The molecule has 0 aliphatic rings. The minimum atomic E-state index is -0.160. The summed E-state index contributed by atoms with van der Waals surface area (Å²) in [6.45, 7) is 1.50. The van der Waals surface area contributed by atoms with Gasteiger partial charge in [-0.05, 0) is 31.2 Å². The molecule has 1 N–H and O–H groups in total. The first-order chi connectivity index (χ1) is 12.6. The summed E-state index contributed by atoms with van der Waals surface area (Å²) in [5.41, 5.74) is 2.21. The van der Waals surface area contributed by atoms with Crippen molar-refractivity contribution >= 4 is 55.7 Å². The minimum absolute atomic E-state index is 0.0364. The zero-order chi connectivity index (χ0) is 18.1. The van der Waals surface area contributed by atoms with Crippen molar-refractivity contribution in [2.75, 3.05) is 11.1 Å². The minimum Gasteiger partial charge on any atom is -0.325 e. The molecule has 2 aromatic carbocycles. The number of thiazole rings is 1. The van der Waals surface area contributed by atoms with Crippen molar-refractivity contribution in [1.82, 2.24) is 14.6 Å². The number of nitrogens with one attached hydrogen (secondary N) is 1. The number of benzene rings is 2. The second kappa shape index (κ2) is 6.89. The highest BCUT2D eigenvalue weighted by Gasteiger charge is 2.14. The molecule has 130 valence electrons. The summed E-state index contributed by atoms with van der Waals surface area (Å²) in [5, 5.41) is 11.9. The third kappa shape index (κ3) is 3.21. The Morgan fingerprint density at radius 1 is 1.15 bits per heavy atom. The SMILES string of the molecule is CC(=O)c1cccc(NC(=O)CSc2nnc3sc4ccccc4n23)c1. The van der Waals surface area contributed by atoms with Gasteiger partial charge in [0.2, 0.25) is 10.9 Å². The molecule has 4 aromatic rings. The first-order valence-electron chi connectivity index (χ1n) is 7.88. The van der Waals surface area contributed by atoms with Gasteiger partial charge in [0.05, 0.1) is 16.0 Å². The molecule has 0 fully saturated rings. The Balaban J connectivity index is 1.49. The summed E-state index contributed by atoms with van der Waals surface area (Å²) < 4.78 is 3.10. The van der Waals surface area contributed by atoms with Gasteiger partial charge in [-0.3, -0.25) is 14.0 Å². The Kier molecular flexibility index (Phi) is 4.44. The zero-order valence-electron chi connectivity index (χ0n) is 13.8. The number of ketones is 1.